The zero-order valence-electron chi connectivity index (χ0n) is 19.6. The molecule has 3 aromatic rings. The van der Waals surface area contributed by atoms with Crippen molar-refractivity contribution in [1.82, 2.24) is 20.2 Å². The first-order valence-corrected chi connectivity index (χ1v) is 12.9. The lowest BCUT2D eigenvalue weighted by molar-refractivity contribution is -0.116. The molecule has 10 heteroatoms. The predicted molar refractivity (Wildman–Crippen MR) is 134 cm³/mol. The second-order valence-electron chi connectivity index (χ2n) is 9.93. The third kappa shape index (κ3) is 5.27. The zero-order chi connectivity index (χ0) is 24.0. The van der Waals surface area contributed by atoms with Gasteiger partial charge in [-0.15, -0.1) is 0 Å². The van der Waals surface area contributed by atoms with E-state index in [1.807, 2.05) is 48.2 Å². The summed E-state index contributed by atoms with van der Waals surface area (Å²) < 4.78 is 15.0. The quantitative estimate of drug-likeness (QED) is 0.358. The number of hydrogen-bond acceptors (Lipinski definition) is 7. The molecule has 0 unspecified atom stereocenters. The number of carbonyl (C=O) groups excluding carboxylic acids is 1. The fourth-order valence-electron chi connectivity index (χ4n) is 4.43. The fourth-order valence-corrected chi connectivity index (χ4v) is 5.19. The van der Waals surface area contributed by atoms with Crippen LogP contribution in [0.15, 0.2) is 46.5 Å². The molecule has 1 amide bonds. The van der Waals surface area contributed by atoms with Crippen molar-refractivity contribution in [1.29, 1.82) is 0 Å². The molecule has 2 aliphatic carbocycles. The van der Waals surface area contributed by atoms with Crippen LogP contribution >= 0.6 is 11.8 Å². The number of aryl methyl sites for hydroxylation is 1. The maximum Gasteiger partial charge on any atom is 0.224 e. The second-order valence-corrected chi connectivity index (χ2v) is 11.0. The standard InChI is InChI=1S/C25H28FN7OS/c1-15-10-21(32-31-15)28-20-12-22(33-13-25(26,14-33)17-4-5-17)30-24(29-20)35-19-8-6-18(7-9-19)27-23(34)11-16-2-3-16/h6-10,12,16-17H,2-5,11,13-14H2,1H3,(H,27,34)(H2,28,29,30,31,32). The summed E-state index contributed by atoms with van der Waals surface area (Å²) in [5, 5.41) is 13.9. The highest BCUT2D eigenvalue weighted by Crippen LogP contribution is 2.48. The average molecular weight is 494 g/mol. The summed E-state index contributed by atoms with van der Waals surface area (Å²) >= 11 is 1.43. The van der Waals surface area contributed by atoms with Gasteiger partial charge >= 0.3 is 0 Å². The minimum Gasteiger partial charge on any atom is -0.350 e. The Morgan fingerprint density at radius 2 is 1.94 bits per heavy atom. The summed E-state index contributed by atoms with van der Waals surface area (Å²) in [7, 11) is 0. The molecular weight excluding hydrogens is 465 g/mol. The SMILES string of the molecule is Cc1cc(Nc2cc(N3CC(F)(C4CC4)C3)nc(Sc3ccc(NC(=O)CC4CC4)cc3)n2)[nH]n1. The Morgan fingerprint density at radius 1 is 1.17 bits per heavy atom. The number of aromatic nitrogens is 4. The van der Waals surface area contributed by atoms with Crippen molar-refractivity contribution in [3.63, 3.8) is 0 Å². The van der Waals surface area contributed by atoms with Gasteiger partial charge in [0.2, 0.25) is 5.91 Å². The Kier molecular flexibility index (Phi) is 5.63. The van der Waals surface area contributed by atoms with E-state index in [1.54, 1.807) is 0 Å². The number of nitrogens with zero attached hydrogens (tertiary/aromatic N) is 4. The van der Waals surface area contributed by atoms with E-state index in [9.17, 15) is 9.18 Å². The molecule has 182 valence electrons. The van der Waals surface area contributed by atoms with E-state index in [0.29, 0.717) is 42.2 Å². The third-order valence-electron chi connectivity index (χ3n) is 6.72. The number of alkyl halides is 1. The molecule has 3 heterocycles. The lowest BCUT2D eigenvalue weighted by atomic mass is 9.91. The summed E-state index contributed by atoms with van der Waals surface area (Å²) in [5.41, 5.74) is 0.563. The predicted octanol–water partition coefficient (Wildman–Crippen LogP) is 5.08. The number of H-pyrrole nitrogens is 1. The molecule has 2 aromatic heterocycles. The van der Waals surface area contributed by atoms with Gasteiger partial charge in [0, 0.05) is 29.1 Å². The van der Waals surface area contributed by atoms with Gasteiger partial charge in [-0.25, -0.2) is 14.4 Å². The number of hydrogen-bond donors (Lipinski definition) is 3. The number of carbonyl (C=O) groups is 1. The number of aromatic amines is 1. The smallest absolute Gasteiger partial charge is 0.224 e. The molecule has 3 aliphatic rings. The average Bonchev–Trinajstić information content (AvgIpc) is 3.73. The van der Waals surface area contributed by atoms with E-state index in [4.69, 9.17) is 4.98 Å². The number of halogens is 1. The van der Waals surface area contributed by atoms with E-state index >= 15 is 0 Å². The van der Waals surface area contributed by atoms with Crippen LogP contribution in [0.25, 0.3) is 0 Å². The molecule has 0 atom stereocenters. The first-order valence-electron chi connectivity index (χ1n) is 12.1. The van der Waals surface area contributed by atoms with Crippen molar-refractivity contribution in [2.45, 2.75) is 54.7 Å². The monoisotopic (exact) mass is 493 g/mol. The molecular formula is C25H28FN7OS. The molecule has 0 radical (unpaired) electrons. The fraction of sp³-hybridized carbons (Fsp3) is 0.440. The van der Waals surface area contributed by atoms with Gasteiger partial charge in [-0.1, -0.05) is 0 Å². The highest BCUT2D eigenvalue weighted by molar-refractivity contribution is 7.99. The van der Waals surface area contributed by atoms with Crippen molar-refractivity contribution >= 4 is 40.8 Å². The molecule has 0 spiro atoms. The van der Waals surface area contributed by atoms with Gasteiger partial charge < -0.3 is 15.5 Å². The van der Waals surface area contributed by atoms with Crippen LogP contribution in [0, 0.1) is 18.8 Å². The van der Waals surface area contributed by atoms with Gasteiger partial charge in [0.1, 0.15) is 23.1 Å². The number of benzene rings is 1. The van der Waals surface area contributed by atoms with Crippen LogP contribution < -0.4 is 15.5 Å². The van der Waals surface area contributed by atoms with Gasteiger partial charge in [-0.3, -0.25) is 9.89 Å². The highest BCUT2D eigenvalue weighted by Gasteiger charge is 2.54. The molecule has 35 heavy (non-hydrogen) atoms. The van der Waals surface area contributed by atoms with Gasteiger partial charge in [0.05, 0.1) is 18.8 Å². The number of nitrogens with one attached hydrogen (secondary N) is 3. The highest BCUT2D eigenvalue weighted by atomic mass is 32.2. The summed E-state index contributed by atoms with van der Waals surface area (Å²) in [4.78, 5) is 24.4. The summed E-state index contributed by atoms with van der Waals surface area (Å²) in [5.74, 6) is 2.88. The largest absolute Gasteiger partial charge is 0.350 e. The van der Waals surface area contributed by atoms with Crippen molar-refractivity contribution in [2.75, 3.05) is 28.6 Å². The van der Waals surface area contributed by atoms with E-state index in [2.05, 4.69) is 25.8 Å². The van der Waals surface area contributed by atoms with Crippen LogP contribution in [0.4, 0.5) is 27.5 Å². The molecule has 1 aliphatic heterocycles. The third-order valence-corrected chi connectivity index (χ3v) is 7.59. The van der Waals surface area contributed by atoms with Crippen LogP contribution in [-0.4, -0.2) is 44.8 Å². The molecule has 1 aromatic carbocycles. The number of rotatable bonds is 9. The summed E-state index contributed by atoms with van der Waals surface area (Å²) in [6.07, 6.45) is 4.88. The van der Waals surface area contributed by atoms with Gasteiger partial charge in [0.25, 0.3) is 0 Å². The van der Waals surface area contributed by atoms with Crippen LogP contribution in [0.3, 0.4) is 0 Å². The first kappa shape index (κ1) is 22.3. The summed E-state index contributed by atoms with van der Waals surface area (Å²) in [6, 6.07) is 11.4. The Balaban J connectivity index is 1.18. The normalized spacial score (nSPS) is 18.7. The Labute approximate surface area is 207 Å². The van der Waals surface area contributed by atoms with Crippen molar-refractivity contribution in [2.24, 2.45) is 11.8 Å². The summed E-state index contributed by atoms with van der Waals surface area (Å²) in [6.45, 7) is 2.65. The minimum absolute atomic E-state index is 0.0679. The number of amides is 1. The Bertz CT molecular complexity index is 1230. The molecule has 3 fully saturated rings. The van der Waals surface area contributed by atoms with Gasteiger partial charge in [0.15, 0.2) is 5.16 Å². The van der Waals surface area contributed by atoms with Gasteiger partial charge in [-0.2, -0.15) is 5.10 Å². The molecule has 6 rings (SSSR count). The molecule has 8 nitrogen and oxygen atoms in total. The van der Waals surface area contributed by atoms with E-state index < -0.39 is 5.67 Å². The maximum absolute atomic E-state index is 15.0. The van der Waals surface area contributed by atoms with Crippen LogP contribution in [0.2, 0.25) is 0 Å². The molecule has 2 saturated carbocycles. The van der Waals surface area contributed by atoms with Crippen LogP contribution in [0.5, 0.6) is 0 Å². The number of anilines is 4. The lowest BCUT2D eigenvalue weighted by Crippen LogP contribution is -2.60. The van der Waals surface area contributed by atoms with Crippen LogP contribution in [-0.2, 0) is 4.79 Å². The Morgan fingerprint density at radius 3 is 2.60 bits per heavy atom. The zero-order valence-corrected chi connectivity index (χ0v) is 20.4. The van der Waals surface area contributed by atoms with E-state index in [-0.39, 0.29) is 11.8 Å². The first-order chi connectivity index (χ1) is 16.9. The van der Waals surface area contributed by atoms with Gasteiger partial charge in [-0.05, 0) is 80.5 Å². The van der Waals surface area contributed by atoms with Crippen molar-refractivity contribution < 1.29 is 9.18 Å². The van der Waals surface area contributed by atoms with Crippen LogP contribution in [0.1, 0.15) is 37.8 Å². The Hall–Kier alpha value is -3.14. The van der Waals surface area contributed by atoms with E-state index in [0.717, 1.165) is 47.8 Å². The lowest BCUT2D eigenvalue weighted by Gasteiger charge is -2.45. The molecule has 0 bridgehead atoms. The second kappa shape index (κ2) is 8.82. The minimum atomic E-state index is -1.09. The molecule has 3 N–H and O–H groups in total. The topological polar surface area (TPSA) is 98.8 Å². The van der Waals surface area contributed by atoms with E-state index in [1.165, 1.54) is 11.8 Å². The molecule has 1 saturated heterocycles. The van der Waals surface area contributed by atoms with Crippen molar-refractivity contribution in [3.8, 4) is 0 Å². The van der Waals surface area contributed by atoms with Crippen molar-refractivity contribution in [3.05, 3.63) is 42.1 Å². The maximum atomic E-state index is 15.0.